The first kappa shape index (κ1) is 13.7. The molecule has 3 N–H and O–H groups in total. The Labute approximate surface area is 113 Å². The van der Waals surface area contributed by atoms with Crippen LogP contribution in [-0.2, 0) is 0 Å². The highest BCUT2D eigenvalue weighted by atomic mass is 16.5. The standard InChI is InChI=1S/C14H20N2O3/c1-19-12-7-3-2-6-11(12)15-13(18)16-14(10-17)8-4-5-9-14/h2-3,6-7,17H,4-5,8-10H2,1H3,(H2,15,16,18). The second kappa shape index (κ2) is 5.93. The number of aliphatic hydroxyl groups excluding tert-OH is 1. The van der Waals surface area contributed by atoms with Gasteiger partial charge in [0.15, 0.2) is 0 Å². The zero-order chi connectivity index (χ0) is 13.7. The molecule has 1 saturated carbocycles. The van der Waals surface area contributed by atoms with E-state index in [0.717, 1.165) is 25.7 Å². The third-order valence-electron chi connectivity index (χ3n) is 3.60. The second-order valence-electron chi connectivity index (χ2n) is 4.92. The number of rotatable bonds is 4. The predicted molar refractivity (Wildman–Crippen MR) is 73.4 cm³/mol. The van der Waals surface area contributed by atoms with Crippen molar-refractivity contribution in [3.63, 3.8) is 0 Å². The van der Waals surface area contributed by atoms with Crippen molar-refractivity contribution in [1.29, 1.82) is 0 Å². The Morgan fingerprint density at radius 1 is 1.37 bits per heavy atom. The van der Waals surface area contributed by atoms with E-state index in [0.29, 0.717) is 11.4 Å². The first-order chi connectivity index (χ1) is 9.19. The first-order valence-corrected chi connectivity index (χ1v) is 6.52. The number of benzene rings is 1. The summed E-state index contributed by atoms with van der Waals surface area (Å²) in [6.07, 6.45) is 3.72. The molecular weight excluding hydrogens is 244 g/mol. The lowest BCUT2D eigenvalue weighted by Crippen LogP contribution is -2.50. The Morgan fingerprint density at radius 3 is 2.68 bits per heavy atom. The molecule has 1 fully saturated rings. The molecule has 0 aliphatic heterocycles. The van der Waals surface area contributed by atoms with E-state index in [1.807, 2.05) is 12.1 Å². The monoisotopic (exact) mass is 264 g/mol. The van der Waals surface area contributed by atoms with E-state index in [4.69, 9.17) is 4.74 Å². The zero-order valence-electron chi connectivity index (χ0n) is 11.1. The number of hydrogen-bond donors (Lipinski definition) is 3. The van der Waals surface area contributed by atoms with Crippen molar-refractivity contribution in [1.82, 2.24) is 5.32 Å². The number of nitrogens with one attached hydrogen (secondary N) is 2. The van der Waals surface area contributed by atoms with Gasteiger partial charge in [0.05, 0.1) is 24.9 Å². The Hall–Kier alpha value is -1.75. The molecule has 0 unspecified atom stereocenters. The number of ether oxygens (including phenoxy) is 1. The predicted octanol–water partition coefficient (Wildman–Crippen LogP) is 2.12. The van der Waals surface area contributed by atoms with Crippen LogP contribution in [0.25, 0.3) is 0 Å². The van der Waals surface area contributed by atoms with Crippen LogP contribution in [0.15, 0.2) is 24.3 Å². The number of hydrogen-bond acceptors (Lipinski definition) is 3. The average molecular weight is 264 g/mol. The lowest BCUT2D eigenvalue weighted by Gasteiger charge is -2.28. The maximum atomic E-state index is 12.0. The summed E-state index contributed by atoms with van der Waals surface area (Å²) in [7, 11) is 1.56. The van der Waals surface area contributed by atoms with Gasteiger partial charge in [0.25, 0.3) is 0 Å². The van der Waals surface area contributed by atoms with E-state index < -0.39 is 5.54 Å². The van der Waals surface area contributed by atoms with E-state index in [-0.39, 0.29) is 12.6 Å². The van der Waals surface area contributed by atoms with E-state index >= 15 is 0 Å². The molecule has 1 aromatic carbocycles. The van der Waals surface area contributed by atoms with Crippen molar-refractivity contribution in [2.24, 2.45) is 0 Å². The summed E-state index contributed by atoms with van der Waals surface area (Å²) in [5.74, 6) is 0.613. The number of aliphatic hydroxyl groups is 1. The maximum absolute atomic E-state index is 12.0. The number of carbonyl (C=O) groups is 1. The van der Waals surface area contributed by atoms with Gasteiger partial charge in [-0.25, -0.2) is 4.79 Å². The number of amides is 2. The minimum absolute atomic E-state index is 0.0215. The van der Waals surface area contributed by atoms with Gasteiger partial charge >= 0.3 is 6.03 Å². The highest BCUT2D eigenvalue weighted by molar-refractivity contribution is 5.91. The number of para-hydroxylation sites is 2. The molecule has 5 heteroatoms. The zero-order valence-corrected chi connectivity index (χ0v) is 11.1. The summed E-state index contributed by atoms with van der Waals surface area (Å²) in [6, 6.07) is 6.93. The number of anilines is 1. The van der Waals surface area contributed by atoms with Crippen molar-refractivity contribution in [2.45, 2.75) is 31.2 Å². The Kier molecular flexibility index (Phi) is 4.27. The Bertz CT molecular complexity index is 442. The highest BCUT2D eigenvalue weighted by Crippen LogP contribution is 2.29. The molecule has 2 amide bonds. The first-order valence-electron chi connectivity index (χ1n) is 6.52. The van der Waals surface area contributed by atoms with Gasteiger partial charge in [-0.3, -0.25) is 0 Å². The molecule has 0 heterocycles. The van der Waals surface area contributed by atoms with Gasteiger partial charge in [0.2, 0.25) is 0 Å². The van der Waals surface area contributed by atoms with E-state index in [2.05, 4.69) is 10.6 Å². The van der Waals surface area contributed by atoms with Crippen LogP contribution in [0.1, 0.15) is 25.7 Å². The van der Waals surface area contributed by atoms with Gasteiger partial charge in [0.1, 0.15) is 5.75 Å². The largest absolute Gasteiger partial charge is 0.495 e. The molecule has 1 aromatic rings. The summed E-state index contributed by atoms with van der Waals surface area (Å²) in [5.41, 5.74) is 0.153. The van der Waals surface area contributed by atoms with Gasteiger partial charge in [-0.1, -0.05) is 25.0 Å². The van der Waals surface area contributed by atoms with Crippen LogP contribution in [0.5, 0.6) is 5.75 Å². The van der Waals surface area contributed by atoms with Crippen LogP contribution in [0.4, 0.5) is 10.5 Å². The number of carbonyl (C=O) groups excluding carboxylic acids is 1. The summed E-state index contributed by atoms with van der Waals surface area (Å²) < 4.78 is 5.18. The normalized spacial score (nSPS) is 16.9. The molecular formula is C14H20N2O3. The fourth-order valence-corrected chi connectivity index (χ4v) is 2.52. The van der Waals surface area contributed by atoms with Gasteiger partial charge in [0, 0.05) is 0 Å². The fourth-order valence-electron chi connectivity index (χ4n) is 2.52. The Morgan fingerprint density at radius 2 is 2.05 bits per heavy atom. The molecule has 0 bridgehead atoms. The van der Waals surface area contributed by atoms with Crippen LogP contribution in [0.2, 0.25) is 0 Å². The van der Waals surface area contributed by atoms with Crippen molar-refractivity contribution < 1.29 is 14.6 Å². The summed E-state index contributed by atoms with van der Waals surface area (Å²) in [4.78, 5) is 12.0. The van der Waals surface area contributed by atoms with Crippen LogP contribution >= 0.6 is 0 Å². The average Bonchev–Trinajstić information content (AvgIpc) is 2.88. The molecule has 0 spiro atoms. The van der Waals surface area contributed by atoms with Crippen molar-refractivity contribution in [3.8, 4) is 5.75 Å². The number of methoxy groups -OCH3 is 1. The molecule has 0 saturated heterocycles. The number of urea groups is 1. The summed E-state index contributed by atoms with van der Waals surface area (Å²) in [5, 5.41) is 15.1. The van der Waals surface area contributed by atoms with Crippen molar-refractivity contribution >= 4 is 11.7 Å². The fraction of sp³-hybridized carbons (Fsp3) is 0.500. The molecule has 2 rings (SSSR count). The minimum Gasteiger partial charge on any atom is -0.495 e. The minimum atomic E-state index is -0.466. The lowest BCUT2D eigenvalue weighted by atomic mass is 9.99. The van der Waals surface area contributed by atoms with Gasteiger partial charge < -0.3 is 20.5 Å². The highest BCUT2D eigenvalue weighted by Gasteiger charge is 2.34. The van der Waals surface area contributed by atoms with Gasteiger partial charge in [-0.15, -0.1) is 0 Å². The third kappa shape index (κ3) is 3.17. The molecule has 104 valence electrons. The molecule has 0 aromatic heterocycles. The molecule has 5 nitrogen and oxygen atoms in total. The van der Waals surface area contributed by atoms with Crippen LogP contribution in [-0.4, -0.2) is 30.4 Å². The molecule has 1 aliphatic carbocycles. The molecule has 0 atom stereocenters. The van der Waals surface area contributed by atoms with Crippen LogP contribution in [0, 0.1) is 0 Å². The van der Waals surface area contributed by atoms with Crippen molar-refractivity contribution in [3.05, 3.63) is 24.3 Å². The van der Waals surface area contributed by atoms with Gasteiger partial charge in [-0.05, 0) is 25.0 Å². The van der Waals surface area contributed by atoms with Gasteiger partial charge in [-0.2, -0.15) is 0 Å². The third-order valence-corrected chi connectivity index (χ3v) is 3.60. The maximum Gasteiger partial charge on any atom is 0.319 e. The van der Waals surface area contributed by atoms with Crippen LogP contribution < -0.4 is 15.4 Å². The smallest absolute Gasteiger partial charge is 0.319 e. The second-order valence-corrected chi connectivity index (χ2v) is 4.92. The lowest BCUT2D eigenvalue weighted by molar-refractivity contribution is 0.167. The van der Waals surface area contributed by atoms with Crippen LogP contribution in [0.3, 0.4) is 0 Å². The summed E-state index contributed by atoms with van der Waals surface area (Å²) >= 11 is 0. The van der Waals surface area contributed by atoms with E-state index in [1.54, 1.807) is 19.2 Å². The molecule has 0 radical (unpaired) electrons. The Balaban J connectivity index is 2.01. The molecule has 19 heavy (non-hydrogen) atoms. The topological polar surface area (TPSA) is 70.6 Å². The summed E-state index contributed by atoms with van der Waals surface area (Å²) in [6.45, 7) is -0.0215. The van der Waals surface area contributed by atoms with E-state index in [9.17, 15) is 9.90 Å². The SMILES string of the molecule is COc1ccccc1NC(=O)NC1(CO)CCCC1. The quantitative estimate of drug-likeness (QED) is 0.780. The van der Waals surface area contributed by atoms with E-state index in [1.165, 1.54) is 0 Å². The van der Waals surface area contributed by atoms with Crippen molar-refractivity contribution in [2.75, 3.05) is 19.0 Å². The molecule has 1 aliphatic rings.